The molecule has 2 fully saturated rings. The van der Waals surface area contributed by atoms with Crippen molar-refractivity contribution in [1.29, 1.82) is 0 Å². The first-order valence-corrected chi connectivity index (χ1v) is 36.0. The summed E-state index contributed by atoms with van der Waals surface area (Å²) in [5.41, 5.74) is 4.28. The minimum absolute atomic E-state index is 0.113. The molecular formula is C86H76N10O16. The van der Waals surface area contributed by atoms with Gasteiger partial charge in [0.2, 0.25) is 0 Å². The van der Waals surface area contributed by atoms with Gasteiger partial charge in [-0.15, -0.1) is 0 Å². The Bertz CT molecular complexity index is 4950. The number of benzene rings is 9. The Balaban J connectivity index is 0.655. The van der Waals surface area contributed by atoms with Crippen molar-refractivity contribution in [3.05, 3.63) is 312 Å². The zero-order valence-electron chi connectivity index (χ0n) is 61.2. The molecule has 2 N–H and O–H groups in total. The lowest BCUT2D eigenvalue weighted by molar-refractivity contribution is -0.159. The van der Waals surface area contributed by atoms with Gasteiger partial charge in [0.15, 0.2) is 47.2 Å². The normalized spacial score (nSPS) is 16.8. The lowest BCUT2D eigenvalue weighted by Crippen LogP contribution is -2.39. The highest BCUT2D eigenvalue weighted by Gasteiger charge is 2.47. The molecule has 112 heavy (non-hydrogen) atoms. The fourth-order valence-corrected chi connectivity index (χ4v) is 14.0. The maximum Gasteiger partial charge on any atom is 0.344 e. The van der Waals surface area contributed by atoms with Gasteiger partial charge in [0.1, 0.15) is 95.2 Å². The van der Waals surface area contributed by atoms with Crippen LogP contribution in [-0.4, -0.2) is 142 Å². The van der Waals surface area contributed by atoms with Gasteiger partial charge < -0.3 is 67.5 Å². The van der Waals surface area contributed by atoms with Crippen molar-refractivity contribution in [2.24, 2.45) is 0 Å². The number of amides is 2. The number of carbonyl (C=O) groups excluding carboxylic acids is 4. The average Bonchev–Trinajstić information content (AvgIpc) is 0.828. The second kappa shape index (κ2) is 33.6. The molecule has 2 saturated heterocycles. The van der Waals surface area contributed by atoms with E-state index in [2.05, 4.69) is 40.5 Å². The number of hydrogen-bond donors (Lipinski definition) is 2. The Hall–Kier alpha value is -13.4. The molecule has 2 aliphatic heterocycles. The summed E-state index contributed by atoms with van der Waals surface area (Å²) in [5, 5.41) is 5.73. The third-order valence-electron chi connectivity index (χ3n) is 19.6. The molecule has 26 nitrogen and oxygen atoms in total. The van der Waals surface area contributed by atoms with Gasteiger partial charge in [-0.1, -0.05) is 146 Å². The minimum Gasteiger partial charge on any atom is -0.497 e. The van der Waals surface area contributed by atoms with Gasteiger partial charge in [-0.05, 0) is 130 Å². The van der Waals surface area contributed by atoms with Crippen LogP contribution in [0.25, 0.3) is 22.3 Å². The highest BCUT2D eigenvalue weighted by molar-refractivity contribution is 6.07. The molecule has 26 heteroatoms. The lowest BCUT2D eigenvalue weighted by atomic mass is 9.80. The molecule has 0 saturated carbocycles. The van der Waals surface area contributed by atoms with E-state index in [1.165, 1.54) is 12.7 Å². The van der Waals surface area contributed by atoms with Crippen LogP contribution < -0.4 is 39.1 Å². The van der Waals surface area contributed by atoms with Crippen LogP contribution in [0.4, 0.5) is 11.6 Å². The molecule has 0 radical (unpaired) electrons. The van der Waals surface area contributed by atoms with Crippen LogP contribution in [0.5, 0.6) is 34.5 Å². The Kier molecular flexibility index (Phi) is 22.2. The second-order valence-corrected chi connectivity index (χ2v) is 26.2. The van der Waals surface area contributed by atoms with Crippen molar-refractivity contribution in [3.8, 4) is 34.5 Å². The minimum atomic E-state index is -1.27. The fourth-order valence-electron chi connectivity index (χ4n) is 14.0. The number of nitrogens with one attached hydrogen (secondary N) is 2. The topological polar surface area (TPSA) is 290 Å². The quantitative estimate of drug-likeness (QED) is 0.0312. The number of fused-ring (bicyclic) bond motifs is 2. The predicted octanol–water partition coefficient (Wildman–Crippen LogP) is 13.1. The molecule has 2 aliphatic rings. The van der Waals surface area contributed by atoms with Crippen molar-refractivity contribution in [1.82, 2.24) is 39.0 Å². The molecule has 13 aromatic rings. The molecule has 2 amide bonds. The summed E-state index contributed by atoms with van der Waals surface area (Å²) in [6.45, 7) is -1.28. The number of carbonyl (C=O) groups is 4. The van der Waals surface area contributed by atoms with Crippen LogP contribution in [0, 0.1) is 0 Å². The first kappa shape index (κ1) is 74.1. The number of methoxy groups -OCH3 is 4. The Labute approximate surface area is 643 Å². The van der Waals surface area contributed by atoms with E-state index < -0.39 is 73.2 Å². The summed E-state index contributed by atoms with van der Waals surface area (Å²) >= 11 is 0. The zero-order chi connectivity index (χ0) is 77.0. The molecule has 566 valence electrons. The maximum atomic E-state index is 14.3. The number of imidazole rings is 2. The predicted molar refractivity (Wildman–Crippen MR) is 410 cm³/mol. The highest BCUT2D eigenvalue weighted by Crippen LogP contribution is 2.46. The summed E-state index contributed by atoms with van der Waals surface area (Å²) < 4.78 is 79.1. The van der Waals surface area contributed by atoms with Crippen LogP contribution in [0.3, 0.4) is 0 Å². The summed E-state index contributed by atoms with van der Waals surface area (Å²) in [6, 6.07) is 73.8. The van der Waals surface area contributed by atoms with Crippen molar-refractivity contribution in [2.75, 3.05) is 65.5 Å². The van der Waals surface area contributed by atoms with Crippen LogP contribution >= 0.6 is 0 Å². The van der Waals surface area contributed by atoms with Crippen molar-refractivity contribution in [3.63, 3.8) is 0 Å². The number of hydrogen-bond acceptors (Lipinski definition) is 22. The number of nitrogens with zero attached hydrogens (tertiary/aromatic N) is 8. The van der Waals surface area contributed by atoms with E-state index in [1.807, 2.05) is 170 Å². The van der Waals surface area contributed by atoms with E-state index in [0.29, 0.717) is 56.5 Å². The largest absolute Gasteiger partial charge is 0.497 e. The number of aromatic nitrogens is 8. The molecule has 0 spiro atoms. The van der Waals surface area contributed by atoms with Crippen LogP contribution in [0.15, 0.2) is 268 Å². The molecular weight excluding hydrogens is 1430 g/mol. The van der Waals surface area contributed by atoms with Crippen LogP contribution in [-0.2, 0) is 49.2 Å². The molecule has 6 heterocycles. The van der Waals surface area contributed by atoms with Gasteiger partial charge in [-0.3, -0.25) is 18.7 Å². The average molecular weight is 1510 g/mol. The third kappa shape index (κ3) is 15.8. The fraction of sp³-hybridized carbons (Fsp3) is 0.209. The van der Waals surface area contributed by atoms with Gasteiger partial charge >= 0.3 is 11.9 Å². The standard InChI is InChI=1S/C86H76N10O16/c1-101-63-33-25-59(26-34-63)85(57-21-13-7-14-22-57,60-27-35-64(102-2)36-28-60)107-47-71-69(45-73(109-71)95-53-91-77-79(87-51-89-81(77)95)93-83(99)55-17-9-5-10-18-55)111-75(97)49-105-67-41-43-68(44-42-67)106-50-76(98)112-70-46-74(96-54-92-78-80(88-52-90-82(78)96)94-84(100)56-19-11-6-12-20-56)110-72(70)48-108-86(58-23-15-8-16-24-58,61-29-37-65(103-3)38-30-61)62-31-39-66(104-4)40-32-62/h5-44,51-54,69-74H,45-50H2,1-4H3,(H,87,89,93,99)(H,88,90,94,100)/t69-,70-,71+,72+,73+,74+/m0/s1. The van der Waals surface area contributed by atoms with Gasteiger partial charge in [-0.2, -0.15) is 0 Å². The molecule has 6 atom stereocenters. The summed E-state index contributed by atoms with van der Waals surface area (Å²) in [7, 11) is 6.41. The Morgan fingerprint density at radius 3 is 1.01 bits per heavy atom. The van der Waals surface area contributed by atoms with Gasteiger partial charge in [-0.25, -0.2) is 39.5 Å². The van der Waals surface area contributed by atoms with E-state index in [-0.39, 0.29) is 61.0 Å². The molecule has 0 unspecified atom stereocenters. The number of anilines is 2. The molecule has 0 aliphatic carbocycles. The van der Waals surface area contributed by atoms with Crippen molar-refractivity contribution >= 4 is 57.7 Å². The van der Waals surface area contributed by atoms with Crippen molar-refractivity contribution in [2.45, 2.75) is 60.9 Å². The maximum absolute atomic E-state index is 14.3. The van der Waals surface area contributed by atoms with E-state index in [9.17, 15) is 19.2 Å². The third-order valence-corrected chi connectivity index (χ3v) is 19.6. The van der Waals surface area contributed by atoms with E-state index >= 15 is 0 Å². The summed E-state index contributed by atoms with van der Waals surface area (Å²) in [6.07, 6.45) is 0.630. The Morgan fingerprint density at radius 2 is 0.688 bits per heavy atom. The molecule has 9 aromatic carbocycles. The second-order valence-electron chi connectivity index (χ2n) is 26.2. The summed E-state index contributed by atoms with van der Waals surface area (Å²) in [5.74, 6) is 1.31. The number of rotatable bonds is 30. The van der Waals surface area contributed by atoms with E-state index in [1.54, 1.807) is 123 Å². The van der Waals surface area contributed by atoms with Gasteiger partial charge in [0.25, 0.3) is 11.8 Å². The van der Waals surface area contributed by atoms with Gasteiger partial charge in [0.05, 0.1) is 54.3 Å². The zero-order valence-corrected chi connectivity index (χ0v) is 61.2. The van der Waals surface area contributed by atoms with Crippen molar-refractivity contribution < 1.29 is 76.0 Å². The first-order chi connectivity index (χ1) is 54.9. The van der Waals surface area contributed by atoms with Crippen LogP contribution in [0.1, 0.15) is 79.4 Å². The van der Waals surface area contributed by atoms with E-state index in [0.717, 1.165) is 33.4 Å². The van der Waals surface area contributed by atoms with Gasteiger partial charge in [0, 0.05) is 24.0 Å². The summed E-state index contributed by atoms with van der Waals surface area (Å²) in [4.78, 5) is 82.5. The monoisotopic (exact) mass is 1500 g/mol. The Morgan fingerprint density at radius 1 is 0.384 bits per heavy atom. The molecule has 4 aromatic heterocycles. The number of ether oxygens (including phenoxy) is 12. The highest BCUT2D eigenvalue weighted by atomic mass is 16.6. The van der Waals surface area contributed by atoms with E-state index in [4.69, 9.17) is 56.8 Å². The molecule has 15 rings (SSSR count). The van der Waals surface area contributed by atoms with Crippen LogP contribution in [0.2, 0.25) is 0 Å². The first-order valence-electron chi connectivity index (χ1n) is 36.0. The smallest absolute Gasteiger partial charge is 0.344 e. The SMILES string of the molecule is COc1ccc(C(OC[C@H]2O[C@@H](n3cnc4c(NC(=O)c5ccccc5)ncnc43)C[C@@H]2OC(=O)COc2ccc(OCC(=O)O[C@H]3C[C@H](n4cnc5c(NC(=O)c6ccccc6)ncnc54)O[C@@H]3COC(c3ccccc3)(c3ccc(OC)cc3)c3ccc(OC)cc3)cc2)(c2ccccc2)c2ccc(OC)cc2)cc1. The number of esters is 2. The molecule has 0 bridgehead atoms. The lowest BCUT2D eigenvalue weighted by Gasteiger charge is -2.37.